The zero-order chi connectivity index (χ0) is 13.4. The van der Waals surface area contributed by atoms with E-state index in [0.29, 0.717) is 5.92 Å². The van der Waals surface area contributed by atoms with Gasteiger partial charge in [-0.2, -0.15) is 0 Å². The Morgan fingerprint density at radius 2 is 1.89 bits per heavy atom. The molecule has 1 aromatic carbocycles. The molecule has 1 N–H and O–H groups in total. The van der Waals surface area contributed by atoms with E-state index < -0.39 is 0 Å². The van der Waals surface area contributed by atoms with Gasteiger partial charge in [0.25, 0.3) is 0 Å². The molecule has 0 radical (unpaired) electrons. The molecular weight excluding hydrogens is 222 g/mol. The van der Waals surface area contributed by atoms with Crippen LogP contribution in [-0.2, 0) is 0 Å². The van der Waals surface area contributed by atoms with E-state index in [-0.39, 0.29) is 0 Å². The molecule has 2 nitrogen and oxygen atoms in total. The molecule has 0 aliphatic carbocycles. The Balaban J connectivity index is 2.42. The summed E-state index contributed by atoms with van der Waals surface area (Å²) in [4.78, 5) is 1.51. The first kappa shape index (κ1) is 15.0. The highest BCUT2D eigenvalue weighted by Crippen LogP contribution is 2.28. The Hall–Kier alpha value is -1.02. The number of unbranched alkanes of at least 4 members (excludes halogenated alkanes) is 1. The quantitative estimate of drug-likeness (QED) is 0.700. The highest BCUT2D eigenvalue weighted by molar-refractivity contribution is 5.35. The van der Waals surface area contributed by atoms with E-state index in [1.807, 2.05) is 0 Å². The minimum Gasteiger partial charge on any atom is -0.493 e. The molecule has 0 aromatic heterocycles. The standard InChI is InChI=1S/C16H27NO/c1-5-14(2)15-10-6-7-11-16(15)18-13-9-8-12-17(3)4/h6-7,10-11,14H,5,8-9,12-13H2,1-4H3/p+1/t14-/m0/s1. The Morgan fingerprint density at radius 3 is 2.56 bits per heavy atom. The first-order chi connectivity index (χ1) is 8.65. The monoisotopic (exact) mass is 250 g/mol. The van der Waals surface area contributed by atoms with Crippen LogP contribution in [0.25, 0.3) is 0 Å². The summed E-state index contributed by atoms with van der Waals surface area (Å²) in [7, 11) is 4.39. The molecular formula is C16H28NO+. The molecule has 0 saturated heterocycles. The summed E-state index contributed by atoms with van der Waals surface area (Å²) >= 11 is 0. The van der Waals surface area contributed by atoms with E-state index >= 15 is 0 Å². The van der Waals surface area contributed by atoms with Crippen molar-refractivity contribution in [2.45, 2.75) is 39.0 Å². The van der Waals surface area contributed by atoms with Crippen molar-refractivity contribution in [3.8, 4) is 5.75 Å². The second-order valence-electron chi connectivity index (χ2n) is 5.36. The molecule has 1 rings (SSSR count). The maximum atomic E-state index is 5.93. The fourth-order valence-electron chi connectivity index (χ4n) is 2.00. The highest BCUT2D eigenvalue weighted by Gasteiger charge is 2.09. The fraction of sp³-hybridized carbons (Fsp3) is 0.625. The van der Waals surface area contributed by atoms with E-state index in [9.17, 15) is 0 Å². The van der Waals surface area contributed by atoms with Gasteiger partial charge in [0.1, 0.15) is 5.75 Å². The molecule has 1 atom stereocenters. The minimum absolute atomic E-state index is 0.576. The second-order valence-corrected chi connectivity index (χ2v) is 5.36. The van der Waals surface area contributed by atoms with Gasteiger partial charge in [-0.3, -0.25) is 0 Å². The van der Waals surface area contributed by atoms with E-state index in [1.165, 1.54) is 23.4 Å². The molecule has 18 heavy (non-hydrogen) atoms. The third-order valence-electron chi connectivity index (χ3n) is 3.39. The van der Waals surface area contributed by atoms with Crippen molar-refractivity contribution < 1.29 is 9.64 Å². The van der Waals surface area contributed by atoms with Crippen LogP contribution in [0, 0.1) is 0 Å². The average molecular weight is 250 g/mol. The van der Waals surface area contributed by atoms with Crippen LogP contribution in [0.4, 0.5) is 0 Å². The van der Waals surface area contributed by atoms with Gasteiger partial charge in [0.05, 0.1) is 27.2 Å². The summed E-state index contributed by atoms with van der Waals surface area (Å²) in [5.74, 6) is 1.65. The van der Waals surface area contributed by atoms with Crippen LogP contribution in [0.15, 0.2) is 24.3 Å². The van der Waals surface area contributed by atoms with Crippen molar-refractivity contribution in [2.75, 3.05) is 27.2 Å². The number of rotatable bonds is 8. The van der Waals surface area contributed by atoms with Gasteiger partial charge in [-0.1, -0.05) is 32.0 Å². The van der Waals surface area contributed by atoms with Gasteiger partial charge in [-0.15, -0.1) is 0 Å². The molecule has 0 unspecified atom stereocenters. The van der Waals surface area contributed by atoms with Crippen molar-refractivity contribution in [3.05, 3.63) is 29.8 Å². The summed E-state index contributed by atoms with van der Waals surface area (Å²) in [5.41, 5.74) is 1.35. The summed E-state index contributed by atoms with van der Waals surface area (Å²) in [6, 6.07) is 8.45. The van der Waals surface area contributed by atoms with Crippen LogP contribution in [-0.4, -0.2) is 27.2 Å². The lowest BCUT2D eigenvalue weighted by atomic mass is 9.98. The first-order valence-electron chi connectivity index (χ1n) is 7.16. The molecule has 0 saturated carbocycles. The molecule has 0 aliphatic rings. The van der Waals surface area contributed by atoms with Crippen molar-refractivity contribution >= 4 is 0 Å². The lowest BCUT2D eigenvalue weighted by Crippen LogP contribution is -3.05. The Labute approximate surface area is 112 Å². The van der Waals surface area contributed by atoms with E-state index in [4.69, 9.17) is 4.74 Å². The van der Waals surface area contributed by atoms with Crippen molar-refractivity contribution in [3.63, 3.8) is 0 Å². The first-order valence-corrected chi connectivity index (χ1v) is 7.16. The van der Waals surface area contributed by atoms with Crippen LogP contribution in [0.3, 0.4) is 0 Å². The Bertz CT molecular complexity index is 336. The predicted molar refractivity (Wildman–Crippen MR) is 77.6 cm³/mol. The SMILES string of the molecule is CC[C@H](C)c1ccccc1OCCCC[NH+](C)C. The summed E-state index contributed by atoms with van der Waals surface area (Å²) < 4.78 is 5.93. The van der Waals surface area contributed by atoms with Gasteiger partial charge in [-0.25, -0.2) is 0 Å². The molecule has 0 spiro atoms. The normalized spacial score (nSPS) is 12.7. The fourth-order valence-corrected chi connectivity index (χ4v) is 2.00. The maximum Gasteiger partial charge on any atom is 0.122 e. The molecule has 102 valence electrons. The molecule has 0 fully saturated rings. The van der Waals surface area contributed by atoms with Crippen molar-refractivity contribution in [2.24, 2.45) is 0 Å². The number of benzene rings is 1. The molecule has 0 aliphatic heterocycles. The number of hydrogen-bond acceptors (Lipinski definition) is 1. The number of quaternary nitrogens is 1. The van der Waals surface area contributed by atoms with Gasteiger partial charge < -0.3 is 9.64 Å². The average Bonchev–Trinajstić information content (AvgIpc) is 2.37. The molecule has 2 heteroatoms. The smallest absolute Gasteiger partial charge is 0.122 e. The van der Waals surface area contributed by atoms with Gasteiger partial charge in [0, 0.05) is 0 Å². The second kappa shape index (κ2) is 8.15. The van der Waals surface area contributed by atoms with Crippen molar-refractivity contribution in [1.29, 1.82) is 0 Å². The minimum atomic E-state index is 0.576. The van der Waals surface area contributed by atoms with Gasteiger partial charge in [0.15, 0.2) is 0 Å². The van der Waals surface area contributed by atoms with Gasteiger partial charge in [0.2, 0.25) is 0 Å². The molecule has 0 bridgehead atoms. The van der Waals surface area contributed by atoms with Crippen LogP contribution < -0.4 is 9.64 Å². The molecule has 0 amide bonds. The molecule has 1 aromatic rings. The third kappa shape index (κ3) is 5.09. The lowest BCUT2D eigenvalue weighted by Gasteiger charge is -2.15. The largest absolute Gasteiger partial charge is 0.493 e. The van der Waals surface area contributed by atoms with Crippen LogP contribution >= 0.6 is 0 Å². The summed E-state index contributed by atoms with van der Waals surface area (Å²) in [5, 5.41) is 0. The third-order valence-corrected chi connectivity index (χ3v) is 3.39. The molecule has 0 heterocycles. The van der Waals surface area contributed by atoms with Crippen LogP contribution in [0.5, 0.6) is 5.75 Å². The maximum absolute atomic E-state index is 5.93. The Morgan fingerprint density at radius 1 is 1.17 bits per heavy atom. The van der Waals surface area contributed by atoms with Crippen LogP contribution in [0.1, 0.15) is 44.6 Å². The van der Waals surface area contributed by atoms with Gasteiger partial charge >= 0.3 is 0 Å². The Kier molecular flexibility index (Phi) is 6.81. The summed E-state index contributed by atoms with van der Waals surface area (Å²) in [6.07, 6.45) is 3.53. The number of nitrogens with one attached hydrogen (secondary N) is 1. The number of ether oxygens (including phenoxy) is 1. The van der Waals surface area contributed by atoms with E-state index in [1.54, 1.807) is 0 Å². The number of hydrogen-bond donors (Lipinski definition) is 1. The predicted octanol–water partition coefficient (Wildman–Crippen LogP) is 2.50. The summed E-state index contributed by atoms with van der Waals surface area (Å²) in [6.45, 7) is 6.54. The number of para-hydroxylation sites is 1. The zero-order valence-electron chi connectivity index (χ0n) is 12.3. The van der Waals surface area contributed by atoms with Gasteiger partial charge in [-0.05, 0) is 36.8 Å². The van der Waals surface area contributed by atoms with Crippen molar-refractivity contribution in [1.82, 2.24) is 0 Å². The van der Waals surface area contributed by atoms with Crippen LogP contribution in [0.2, 0.25) is 0 Å². The zero-order valence-corrected chi connectivity index (χ0v) is 12.3. The lowest BCUT2D eigenvalue weighted by molar-refractivity contribution is -0.858. The van der Waals surface area contributed by atoms with E-state index in [0.717, 1.165) is 25.2 Å². The topological polar surface area (TPSA) is 13.7 Å². The highest BCUT2D eigenvalue weighted by atomic mass is 16.5. The van der Waals surface area contributed by atoms with E-state index in [2.05, 4.69) is 52.2 Å².